The van der Waals surface area contributed by atoms with E-state index in [9.17, 15) is 4.79 Å². The van der Waals surface area contributed by atoms with Crippen molar-refractivity contribution in [3.63, 3.8) is 0 Å². The van der Waals surface area contributed by atoms with Crippen LogP contribution in [0.25, 0.3) is 0 Å². The van der Waals surface area contributed by atoms with Crippen LogP contribution in [-0.4, -0.2) is 72.9 Å². The van der Waals surface area contributed by atoms with Crippen molar-refractivity contribution in [2.24, 2.45) is 5.92 Å². The molecule has 0 aromatic rings. The summed E-state index contributed by atoms with van der Waals surface area (Å²) in [7, 11) is 0. The second-order valence-electron chi connectivity index (χ2n) is 6.36. The van der Waals surface area contributed by atoms with E-state index in [1.165, 1.54) is 45.3 Å². The molecular weight excluding hydrogens is 268 g/mol. The fourth-order valence-electron chi connectivity index (χ4n) is 3.50. The highest BCUT2D eigenvalue weighted by Gasteiger charge is 2.24. The Morgan fingerprint density at radius 3 is 2.43 bits per heavy atom. The van der Waals surface area contributed by atoms with Crippen LogP contribution in [0.3, 0.4) is 0 Å². The van der Waals surface area contributed by atoms with E-state index in [1.807, 2.05) is 6.92 Å². The van der Waals surface area contributed by atoms with Crippen molar-refractivity contribution in [1.29, 1.82) is 0 Å². The van der Waals surface area contributed by atoms with Gasteiger partial charge in [-0.15, -0.1) is 0 Å². The Balaban J connectivity index is 1.62. The number of ether oxygens (including phenoxy) is 1. The first-order valence-electron chi connectivity index (χ1n) is 8.48. The maximum absolute atomic E-state index is 11.1. The van der Waals surface area contributed by atoms with Gasteiger partial charge in [-0.05, 0) is 71.1 Å². The minimum absolute atomic E-state index is 0.467. The Morgan fingerprint density at radius 1 is 1.19 bits per heavy atom. The SMILES string of the molecule is CCOC(CCN1CCC(CN2CCCC2)CC1)C(=O)O. The zero-order chi connectivity index (χ0) is 15.1. The molecule has 0 bridgehead atoms. The summed E-state index contributed by atoms with van der Waals surface area (Å²) in [5.74, 6) is 0.00211. The highest BCUT2D eigenvalue weighted by molar-refractivity contribution is 5.72. The van der Waals surface area contributed by atoms with Gasteiger partial charge in [-0.2, -0.15) is 0 Å². The van der Waals surface area contributed by atoms with Crippen molar-refractivity contribution >= 4 is 5.97 Å². The first kappa shape index (κ1) is 16.7. The predicted octanol–water partition coefficient (Wildman–Crippen LogP) is 1.67. The number of hydrogen-bond donors (Lipinski definition) is 1. The summed E-state index contributed by atoms with van der Waals surface area (Å²) in [4.78, 5) is 16.1. The fraction of sp³-hybridized carbons (Fsp3) is 0.938. The minimum Gasteiger partial charge on any atom is -0.479 e. The van der Waals surface area contributed by atoms with E-state index in [1.54, 1.807) is 0 Å². The molecule has 2 aliphatic heterocycles. The van der Waals surface area contributed by atoms with Crippen LogP contribution in [-0.2, 0) is 9.53 Å². The van der Waals surface area contributed by atoms with Gasteiger partial charge in [0.2, 0.25) is 0 Å². The van der Waals surface area contributed by atoms with Gasteiger partial charge in [0, 0.05) is 19.7 Å². The van der Waals surface area contributed by atoms with Gasteiger partial charge in [0.25, 0.3) is 0 Å². The molecule has 1 atom stereocenters. The molecule has 2 fully saturated rings. The molecule has 122 valence electrons. The van der Waals surface area contributed by atoms with Crippen LogP contribution >= 0.6 is 0 Å². The second kappa shape index (κ2) is 8.71. The molecule has 0 aromatic carbocycles. The average molecular weight is 298 g/mol. The molecular formula is C16H30N2O3. The van der Waals surface area contributed by atoms with E-state index in [4.69, 9.17) is 9.84 Å². The molecule has 2 saturated heterocycles. The maximum atomic E-state index is 11.1. The molecule has 1 N–H and O–H groups in total. The molecule has 0 spiro atoms. The lowest BCUT2D eigenvalue weighted by molar-refractivity contribution is -0.150. The summed E-state index contributed by atoms with van der Waals surface area (Å²) < 4.78 is 5.27. The van der Waals surface area contributed by atoms with Gasteiger partial charge < -0.3 is 19.6 Å². The summed E-state index contributed by atoms with van der Waals surface area (Å²) in [6.45, 7) is 9.21. The topological polar surface area (TPSA) is 53.0 Å². The lowest BCUT2D eigenvalue weighted by Crippen LogP contribution is -2.40. The third-order valence-corrected chi connectivity index (χ3v) is 4.77. The van der Waals surface area contributed by atoms with Crippen molar-refractivity contribution in [3.05, 3.63) is 0 Å². The second-order valence-corrected chi connectivity index (χ2v) is 6.36. The fourth-order valence-corrected chi connectivity index (χ4v) is 3.50. The Hall–Kier alpha value is -0.650. The maximum Gasteiger partial charge on any atom is 0.332 e. The number of rotatable bonds is 8. The standard InChI is InChI=1S/C16H30N2O3/c1-2-21-15(16(19)20)7-12-17-10-5-14(6-11-17)13-18-8-3-4-9-18/h14-15H,2-13H2,1H3,(H,19,20). The number of carbonyl (C=O) groups is 1. The number of likely N-dealkylation sites (tertiary alicyclic amines) is 2. The molecule has 2 aliphatic rings. The predicted molar refractivity (Wildman–Crippen MR) is 82.5 cm³/mol. The normalized spacial score (nSPS) is 23.5. The number of carboxylic acids is 1. The van der Waals surface area contributed by atoms with Gasteiger partial charge in [0.1, 0.15) is 0 Å². The summed E-state index contributed by atoms with van der Waals surface area (Å²) in [5, 5.41) is 9.09. The molecule has 0 radical (unpaired) electrons. The van der Waals surface area contributed by atoms with Gasteiger partial charge in [-0.1, -0.05) is 0 Å². The Labute approximate surface area is 128 Å². The number of hydrogen-bond acceptors (Lipinski definition) is 4. The molecule has 21 heavy (non-hydrogen) atoms. The van der Waals surface area contributed by atoms with Crippen LogP contribution in [0.4, 0.5) is 0 Å². The molecule has 5 nitrogen and oxygen atoms in total. The van der Waals surface area contributed by atoms with Crippen LogP contribution in [0.15, 0.2) is 0 Å². The van der Waals surface area contributed by atoms with Gasteiger partial charge in [-0.3, -0.25) is 0 Å². The van der Waals surface area contributed by atoms with E-state index in [2.05, 4.69) is 9.80 Å². The van der Waals surface area contributed by atoms with Gasteiger partial charge in [-0.25, -0.2) is 4.79 Å². The van der Waals surface area contributed by atoms with Gasteiger partial charge >= 0.3 is 5.97 Å². The molecule has 0 saturated carbocycles. The van der Waals surface area contributed by atoms with Crippen molar-refractivity contribution in [3.8, 4) is 0 Å². The van der Waals surface area contributed by atoms with Crippen LogP contribution < -0.4 is 0 Å². The van der Waals surface area contributed by atoms with Crippen LogP contribution in [0.2, 0.25) is 0 Å². The van der Waals surface area contributed by atoms with Crippen molar-refractivity contribution in [2.75, 3.05) is 45.9 Å². The zero-order valence-electron chi connectivity index (χ0n) is 13.3. The minimum atomic E-state index is -0.833. The van der Waals surface area contributed by atoms with Gasteiger partial charge in [0.15, 0.2) is 6.10 Å². The van der Waals surface area contributed by atoms with E-state index in [0.29, 0.717) is 13.0 Å². The highest BCUT2D eigenvalue weighted by atomic mass is 16.5. The summed E-state index contributed by atoms with van der Waals surface area (Å²) in [6.07, 6.45) is 5.20. The molecule has 0 aliphatic carbocycles. The smallest absolute Gasteiger partial charge is 0.332 e. The summed E-state index contributed by atoms with van der Waals surface area (Å²) in [5.41, 5.74) is 0. The van der Waals surface area contributed by atoms with Crippen molar-refractivity contribution in [1.82, 2.24) is 9.80 Å². The molecule has 0 amide bonds. The zero-order valence-corrected chi connectivity index (χ0v) is 13.3. The van der Waals surface area contributed by atoms with Crippen LogP contribution in [0.5, 0.6) is 0 Å². The number of piperidine rings is 1. The quantitative estimate of drug-likeness (QED) is 0.739. The third kappa shape index (κ3) is 5.57. The van der Waals surface area contributed by atoms with E-state index >= 15 is 0 Å². The number of aliphatic carboxylic acids is 1. The van der Waals surface area contributed by atoms with Crippen LogP contribution in [0, 0.1) is 5.92 Å². The Morgan fingerprint density at radius 2 is 1.86 bits per heavy atom. The summed E-state index contributed by atoms with van der Waals surface area (Å²) in [6, 6.07) is 0. The number of nitrogens with zero attached hydrogens (tertiary/aromatic N) is 2. The number of carboxylic acid groups (broad SMARTS) is 1. The molecule has 2 rings (SSSR count). The largest absolute Gasteiger partial charge is 0.479 e. The average Bonchev–Trinajstić information content (AvgIpc) is 2.97. The lowest BCUT2D eigenvalue weighted by atomic mass is 9.96. The van der Waals surface area contributed by atoms with Crippen molar-refractivity contribution < 1.29 is 14.6 Å². The molecule has 2 heterocycles. The first-order valence-corrected chi connectivity index (χ1v) is 8.48. The molecule has 5 heteroatoms. The van der Waals surface area contributed by atoms with E-state index < -0.39 is 12.1 Å². The molecule has 1 unspecified atom stereocenters. The van der Waals surface area contributed by atoms with Gasteiger partial charge in [0.05, 0.1) is 0 Å². The van der Waals surface area contributed by atoms with Crippen molar-refractivity contribution in [2.45, 2.75) is 45.1 Å². The van der Waals surface area contributed by atoms with E-state index in [0.717, 1.165) is 25.6 Å². The van der Waals surface area contributed by atoms with E-state index in [-0.39, 0.29) is 0 Å². The van der Waals surface area contributed by atoms with Crippen LogP contribution in [0.1, 0.15) is 39.0 Å². The monoisotopic (exact) mass is 298 g/mol. The third-order valence-electron chi connectivity index (χ3n) is 4.77. The molecule has 0 aromatic heterocycles. The Bertz CT molecular complexity index is 311. The first-order chi connectivity index (χ1) is 10.2. The highest BCUT2D eigenvalue weighted by Crippen LogP contribution is 2.21. The lowest BCUT2D eigenvalue weighted by Gasteiger charge is -2.34. The Kier molecular flexibility index (Phi) is 6.93. The summed E-state index contributed by atoms with van der Waals surface area (Å²) >= 11 is 0.